The lowest BCUT2D eigenvalue weighted by atomic mass is 9.72. The molecular weight excluding hydrogens is 394 g/mol. The zero-order valence-electron chi connectivity index (χ0n) is 16.7. The minimum atomic E-state index is -1.42. The van der Waals surface area contributed by atoms with E-state index in [0.29, 0.717) is 24.4 Å². The van der Waals surface area contributed by atoms with Crippen LogP contribution in [0.1, 0.15) is 31.5 Å². The number of aromatic nitrogens is 3. The third kappa shape index (κ3) is 4.26. The first-order valence-corrected chi connectivity index (χ1v) is 9.74. The van der Waals surface area contributed by atoms with Crippen LogP contribution in [-0.4, -0.2) is 46.1 Å². The number of ketones is 1. The smallest absolute Gasteiger partial charge is 0.322 e. The summed E-state index contributed by atoms with van der Waals surface area (Å²) >= 11 is 5.91. The maximum absolute atomic E-state index is 12.8. The third-order valence-corrected chi connectivity index (χ3v) is 5.63. The van der Waals surface area contributed by atoms with Gasteiger partial charge in [-0.25, -0.2) is 4.68 Å². The van der Waals surface area contributed by atoms with Crippen LogP contribution >= 0.6 is 11.6 Å². The lowest BCUT2D eigenvalue weighted by Gasteiger charge is -2.41. The molecule has 1 aromatic heterocycles. The summed E-state index contributed by atoms with van der Waals surface area (Å²) in [7, 11) is 1.26. The van der Waals surface area contributed by atoms with Crippen molar-refractivity contribution in [2.75, 3.05) is 7.11 Å². The maximum atomic E-state index is 12.8. The predicted molar refractivity (Wildman–Crippen MR) is 108 cm³/mol. The number of hydrogen-bond donors (Lipinski definition) is 0. The van der Waals surface area contributed by atoms with Gasteiger partial charge in [-0.05, 0) is 44.4 Å². The van der Waals surface area contributed by atoms with Crippen LogP contribution in [0.5, 0.6) is 0 Å². The molecule has 0 unspecified atom stereocenters. The number of carbonyl (C=O) groups is 2. The molecule has 2 aromatic rings. The number of esters is 1. The van der Waals surface area contributed by atoms with Gasteiger partial charge < -0.3 is 9.47 Å². The van der Waals surface area contributed by atoms with E-state index in [1.165, 1.54) is 7.11 Å². The number of hydrogen-bond acceptors (Lipinski definition) is 6. The van der Waals surface area contributed by atoms with E-state index in [9.17, 15) is 9.59 Å². The fourth-order valence-electron chi connectivity index (χ4n) is 3.51. The van der Waals surface area contributed by atoms with Crippen molar-refractivity contribution >= 4 is 23.4 Å². The Balaban J connectivity index is 1.70. The zero-order chi connectivity index (χ0) is 21.2. The van der Waals surface area contributed by atoms with Crippen LogP contribution in [0.3, 0.4) is 0 Å². The maximum Gasteiger partial charge on any atom is 0.322 e. The molecule has 1 aliphatic heterocycles. The van der Waals surface area contributed by atoms with Crippen LogP contribution in [0.15, 0.2) is 42.6 Å². The number of methoxy groups -OCH3 is 1. The molecule has 1 aromatic carbocycles. The van der Waals surface area contributed by atoms with Crippen molar-refractivity contribution in [2.45, 2.75) is 45.4 Å². The Morgan fingerprint density at radius 3 is 2.72 bits per heavy atom. The van der Waals surface area contributed by atoms with E-state index in [2.05, 4.69) is 16.9 Å². The first kappa shape index (κ1) is 21.2. The molecule has 1 aliphatic rings. The number of ether oxygens (including phenoxy) is 2. The number of rotatable bonds is 6. The topological polar surface area (TPSA) is 83.3 Å². The van der Waals surface area contributed by atoms with Gasteiger partial charge >= 0.3 is 5.97 Å². The van der Waals surface area contributed by atoms with Gasteiger partial charge in [0.1, 0.15) is 0 Å². The highest BCUT2D eigenvalue weighted by atomic mass is 35.5. The van der Waals surface area contributed by atoms with E-state index in [4.69, 9.17) is 21.1 Å². The molecule has 0 bridgehead atoms. The molecule has 3 atom stereocenters. The molecule has 0 amide bonds. The van der Waals surface area contributed by atoms with E-state index in [1.54, 1.807) is 18.5 Å². The average Bonchev–Trinajstić information content (AvgIpc) is 3.16. The predicted octanol–water partition coefficient (Wildman–Crippen LogP) is 3.00. The van der Waals surface area contributed by atoms with Crippen LogP contribution in [0, 0.1) is 5.41 Å². The van der Waals surface area contributed by atoms with Crippen LogP contribution in [0.2, 0.25) is 5.02 Å². The second-order valence-corrected chi connectivity index (χ2v) is 7.82. The molecule has 29 heavy (non-hydrogen) atoms. The SMILES string of the molecule is C=C1C(=O)[C@](C)(C(=O)OC)[C@@H](CCc2cn(Cc3ccc(Cl)cc3)nn2)O[C@H]1C. The summed E-state index contributed by atoms with van der Waals surface area (Å²) in [5.41, 5.74) is 0.664. The van der Waals surface area contributed by atoms with Gasteiger partial charge in [0.25, 0.3) is 0 Å². The first-order chi connectivity index (χ1) is 13.8. The van der Waals surface area contributed by atoms with Crippen LogP contribution in [-0.2, 0) is 32.0 Å². The Morgan fingerprint density at radius 1 is 1.38 bits per heavy atom. The minimum absolute atomic E-state index is 0.281. The van der Waals surface area contributed by atoms with Crippen molar-refractivity contribution < 1.29 is 19.1 Å². The second-order valence-electron chi connectivity index (χ2n) is 7.39. The molecule has 2 heterocycles. The summed E-state index contributed by atoms with van der Waals surface area (Å²) in [6, 6.07) is 7.52. The molecule has 1 fully saturated rings. The lowest BCUT2D eigenvalue weighted by Crippen LogP contribution is -2.55. The molecule has 3 rings (SSSR count). The fraction of sp³-hybridized carbons (Fsp3) is 0.429. The molecule has 0 radical (unpaired) electrons. The Hall–Kier alpha value is -2.51. The molecule has 154 valence electrons. The third-order valence-electron chi connectivity index (χ3n) is 5.38. The van der Waals surface area contributed by atoms with Crippen molar-refractivity contribution in [1.82, 2.24) is 15.0 Å². The van der Waals surface area contributed by atoms with E-state index in [0.717, 1.165) is 11.3 Å². The number of carbonyl (C=O) groups excluding carboxylic acids is 2. The van der Waals surface area contributed by atoms with E-state index in [-0.39, 0.29) is 11.4 Å². The Morgan fingerprint density at radius 2 is 2.07 bits per heavy atom. The molecule has 0 spiro atoms. The molecule has 0 N–H and O–H groups in total. The number of nitrogens with zero attached hydrogens (tertiary/aromatic N) is 3. The Kier molecular flexibility index (Phi) is 6.19. The van der Waals surface area contributed by atoms with Gasteiger partial charge in [-0.1, -0.05) is 35.5 Å². The van der Waals surface area contributed by atoms with Crippen molar-refractivity contribution in [3.05, 3.63) is 58.9 Å². The molecule has 8 heteroatoms. The summed E-state index contributed by atoms with van der Waals surface area (Å²) < 4.78 is 12.6. The highest BCUT2D eigenvalue weighted by Crippen LogP contribution is 2.39. The number of halogens is 1. The standard InChI is InChI=1S/C21H24ClN3O4/c1-13-14(2)29-18(21(3,19(13)26)20(27)28-4)10-9-17-12-25(24-23-17)11-15-5-7-16(22)8-6-15/h5-8,12,14,18H,1,9-11H2,2-4H3/t14-,18+,21+/m0/s1. The normalized spacial score (nSPS) is 24.6. The summed E-state index contributed by atoms with van der Waals surface area (Å²) in [6.07, 6.45) is 1.69. The molecule has 0 saturated carbocycles. The molecule has 7 nitrogen and oxygen atoms in total. The summed E-state index contributed by atoms with van der Waals surface area (Å²) in [4.78, 5) is 25.2. The summed E-state index contributed by atoms with van der Waals surface area (Å²) in [5, 5.41) is 9.02. The van der Waals surface area contributed by atoms with Crippen molar-refractivity contribution in [3.63, 3.8) is 0 Å². The first-order valence-electron chi connectivity index (χ1n) is 9.36. The molecule has 1 saturated heterocycles. The van der Waals surface area contributed by atoms with Gasteiger partial charge in [0, 0.05) is 16.8 Å². The van der Waals surface area contributed by atoms with Crippen molar-refractivity contribution in [3.8, 4) is 0 Å². The Labute approximate surface area is 174 Å². The average molecular weight is 418 g/mol. The largest absolute Gasteiger partial charge is 0.468 e. The second kappa shape index (κ2) is 8.47. The van der Waals surface area contributed by atoms with Gasteiger partial charge in [-0.2, -0.15) is 0 Å². The zero-order valence-corrected chi connectivity index (χ0v) is 17.5. The monoisotopic (exact) mass is 417 g/mol. The highest BCUT2D eigenvalue weighted by molar-refractivity contribution is 6.30. The van der Waals surface area contributed by atoms with Crippen molar-refractivity contribution in [2.24, 2.45) is 5.41 Å². The lowest BCUT2D eigenvalue weighted by molar-refractivity contribution is -0.175. The van der Waals surface area contributed by atoms with Gasteiger partial charge in [0.2, 0.25) is 0 Å². The van der Waals surface area contributed by atoms with Crippen LogP contribution < -0.4 is 0 Å². The summed E-state index contributed by atoms with van der Waals surface area (Å²) in [6.45, 7) is 7.65. The van der Waals surface area contributed by atoms with Crippen LogP contribution in [0.25, 0.3) is 0 Å². The number of aryl methyl sites for hydroxylation is 1. The van der Waals surface area contributed by atoms with Gasteiger partial charge in [0.15, 0.2) is 11.2 Å². The van der Waals surface area contributed by atoms with Gasteiger partial charge in [-0.3, -0.25) is 9.59 Å². The fourth-order valence-corrected chi connectivity index (χ4v) is 3.63. The van der Waals surface area contributed by atoms with E-state index < -0.39 is 23.6 Å². The van der Waals surface area contributed by atoms with E-state index >= 15 is 0 Å². The Bertz CT molecular complexity index is 924. The number of benzene rings is 1. The summed E-state index contributed by atoms with van der Waals surface area (Å²) in [5.74, 6) is -0.952. The van der Waals surface area contributed by atoms with Crippen LogP contribution in [0.4, 0.5) is 0 Å². The number of Topliss-reactive ketones (excluding diaryl/α,β-unsaturated/α-hetero) is 1. The quantitative estimate of drug-likeness (QED) is 0.408. The van der Waals surface area contributed by atoms with Gasteiger partial charge in [0.05, 0.1) is 31.6 Å². The molecular formula is C21H24ClN3O4. The van der Waals surface area contributed by atoms with Crippen molar-refractivity contribution in [1.29, 1.82) is 0 Å². The van der Waals surface area contributed by atoms with Gasteiger partial charge in [-0.15, -0.1) is 5.10 Å². The highest BCUT2D eigenvalue weighted by Gasteiger charge is 2.54. The van der Waals surface area contributed by atoms with E-state index in [1.807, 2.05) is 30.5 Å². The minimum Gasteiger partial charge on any atom is -0.468 e. The molecule has 0 aliphatic carbocycles.